The van der Waals surface area contributed by atoms with Crippen LogP contribution in [0.5, 0.6) is 0 Å². The van der Waals surface area contributed by atoms with E-state index in [0.29, 0.717) is 29.2 Å². The van der Waals surface area contributed by atoms with Gasteiger partial charge < -0.3 is 10.3 Å². The smallest absolute Gasteiger partial charge is 0.266 e. The van der Waals surface area contributed by atoms with Crippen LogP contribution in [0.1, 0.15) is 50.9 Å². The fraction of sp³-hybridized carbons (Fsp3) is 0.346. The molecule has 1 aliphatic heterocycles. The maximum Gasteiger partial charge on any atom is 0.266 e. The third-order valence-electron chi connectivity index (χ3n) is 6.55. The van der Waals surface area contributed by atoms with E-state index in [1.54, 1.807) is 13.8 Å². The van der Waals surface area contributed by atoms with Crippen molar-refractivity contribution in [1.29, 1.82) is 5.26 Å². The van der Waals surface area contributed by atoms with Crippen molar-refractivity contribution in [3.8, 4) is 6.07 Å². The number of hydrogen-bond acceptors (Lipinski definition) is 5. The fourth-order valence-electron chi connectivity index (χ4n) is 4.64. The zero-order valence-electron chi connectivity index (χ0n) is 19.3. The van der Waals surface area contributed by atoms with E-state index in [1.807, 2.05) is 41.7 Å². The minimum atomic E-state index is -0.383. The molecule has 34 heavy (non-hydrogen) atoms. The van der Waals surface area contributed by atoms with Gasteiger partial charge in [0.15, 0.2) is 0 Å². The SMILES string of the molecule is Cc1[nH]c(=O)c(C#N)c(C)c1CCC(=O)NCC(c1ccc(Cl)cc1)N1CCc2sccc2C1. The summed E-state index contributed by atoms with van der Waals surface area (Å²) in [5.74, 6) is -0.0595. The average molecular weight is 495 g/mol. The lowest BCUT2D eigenvalue weighted by Gasteiger charge is -2.35. The van der Waals surface area contributed by atoms with Crippen LogP contribution >= 0.6 is 22.9 Å². The maximum atomic E-state index is 12.8. The Labute approximate surface area is 208 Å². The third kappa shape index (κ3) is 5.25. The number of halogens is 1. The first kappa shape index (κ1) is 24.2. The summed E-state index contributed by atoms with van der Waals surface area (Å²) in [6.07, 6.45) is 1.75. The number of nitrogens with zero attached hydrogens (tertiary/aromatic N) is 2. The van der Waals surface area contributed by atoms with Gasteiger partial charge in [-0.3, -0.25) is 14.5 Å². The van der Waals surface area contributed by atoms with Gasteiger partial charge in [-0.25, -0.2) is 0 Å². The number of carbonyl (C=O) groups excluding carboxylic acids is 1. The first-order valence-electron chi connectivity index (χ1n) is 11.3. The molecule has 2 aromatic heterocycles. The fourth-order valence-corrected chi connectivity index (χ4v) is 5.65. The van der Waals surface area contributed by atoms with Crippen LogP contribution in [-0.2, 0) is 24.2 Å². The molecule has 2 N–H and O–H groups in total. The lowest BCUT2D eigenvalue weighted by atomic mass is 9.98. The normalized spacial score (nSPS) is 14.3. The lowest BCUT2D eigenvalue weighted by Crippen LogP contribution is -2.40. The number of nitriles is 1. The summed E-state index contributed by atoms with van der Waals surface area (Å²) in [6, 6.07) is 12.0. The standard InChI is InChI=1S/C26H27ClN4O2S/c1-16-21(17(2)30-26(33)22(16)13-28)7-8-25(32)29-14-23(18-3-5-20(27)6-4-18)31-11-9-24-19(15-31)10-12-34-24/h3-6,10,12,23H,7-9,11,14-15H2,1-2H3,(H,29,32)(H,30,33). The van der Waals surface area contributed by atoms with Crippen molar-refractivity contribution in [2.75, 3.05) is 13.1 Å². The molecule has 0 aliphatic carbocycles. The number of aryl methyl sites for hydroxylation is 1. The minimum absolute atomic E-state index is 0.0380. The van der Waals surface area contributed by atoms with Gasteiger partial charge in [-0.15, -0.1) is 11.3 Å². The predicted molar refractivity (Wildman–Crippen MR) is 135 cm³/mol. The lowest BCUT2D eigenvalue weighted by molar-refractivity contribution is -0.121. The second-order valence-corrected chi connectivity index (χ2v) is 10.1. The molecule has 0 radical (unpaired) electrons. The molecule has 0 saturated carbocycles. The number of carbonyl (C=O) groups is 1. The molecule has 0 spiro atoms. The summed E-state index contributed by atoms with van der Waals surface area (Å²) in [4.78, 5) is 31.3. The van der Waals surface area contributed by atoms with Crippen molar-refractivity contribution in [3.63, 3.8) is 0 Å². The van der Waals surface area contributed by atoms with Gasteiger partial charge in [-0.2, -0.15) is 5.26 Å². The molecule has 0 fully saturated rings. The van der Waals surface area contributed by atoms with Gasteiger partial charge in [0.1, 0.15) is 11.6 Å². The number of aromatic nitrogens is 1. The second kappa shape index (κ2) is 10.6. The van der Waals surface area contributed by atoms with Gasteiger partial charge in [-0.1, -0.05) is 23.7 Å². The van der Waals surface area contributed by atoms with Crippen molar-refractivity contribution < 1.29 is 4.79 Å². The predicted octanol–water partition coefficient (Wildman–Crippen LogP) is 4.43. The van der Waals surface area contributed by atoms with Gasteiger partial charge in [-0.05, 0) is 72.5 Å². The van der Waals surface area contributed by atoms with Crippen LogP contribution in [0.3, 0.4) is 0 Å². The summed E-state index contributed by atoms with van der Waals surface area (Å²) >= 11 is 7.92. The van der Waals surface area contributed by atoms with Crippen LogP contribution in [0.4, 0.5) is 0 Å². The summed E-state index contributed by atoms with van der Waals surface area (Å²) < 4.78 is 0. The Morgan fingerprint density at radius 2 is 2.06 bits per heavy atom. The Morgan fingerprint density at radius 3 is 2.79 bits per heavy atom. The molecule has 1 aliphatic rings. The van der Waals surface area contributed by atoms with E-state index in [1.165, 1.54) is 10.4 Å². The van der Waals surface area contributed by atoms with Crippen LogP contribution in [0.25, 0.3) is 0 Å². The highest BCUT2D eigenvalue weighted by atomic mass is 35.5. The van der Waals surface area contributed by atoms with Gasteiger partial charge >= 0.3 is 0 Å². The number of rotatable bonds is 7. The van der Waals surface area contributed by atoms with Gasteiger partial charge in [0.25, 0.3) is 5.56 Å². The van der Waals surface area contributed by atoms with E-state index >= 15 is 0 Å². The highest BCUT2D eigenvalue weighted by molar-refractivity contribution is 7.10. The summed E-state index contributed by atoms with van der Waals surface area (Å²) in [7, 11) is 0. The third-order valence-corrected chi connectivity index (χ3v) is 7.82. The molecule has 0 bridgehead atoms. The quantitative estimate of drug-likeness (QED) is 0.508. The van der Waals surface area contributed by atoms with E-state index < -0.39 is 0 Å². The maximum absolute atomic E-state index is 12.8. The Balaban J connectivity index is 1.45. The van der Waals surface area contributed by atoms with E-state index in [2.05, 4.69) is 26.6 Å². The molecular weight excluding hydrogens is 468 g/mol. The average Bonchev–Trinajstić information content (AvgIpc) is 3.28. The van der Waals surface area contributed by atoms with E-state index in [4.69, 9.17) is 11.6 Å². The first-order chi connectivity index (χ1) is 16.4. The minimum Gasteiger partial charge on any atom is -0.354 e. The number of fused-ring (bicyclic) bond motifs is 1. The number of aromatic amines is 1. The Morgan fingerprint density at radius 1 is 1.29 bits per heavy atom. The van der Waals surface area contributed by atoms with Crippen LogP contribution in [0, 0.1) is 25.2 Å². The van der Waals surface area contributed by atoms with Crippen molar-refractivity contribution in [2.45, 2.75) is 45.7 Å². The molecule has 1 atom stereocenters. The molecule has 6 nitrogen and oxygen atoms in total. The van der Waals surface area contributed by atoms with Gasteiger partial charge in [0, 0.05) is 41.6 Å². The first-order valence-corrected chi connectivity index (χ1v) is 12.6. The molecule has 3 heterocycles. The highest BCUT2D eigenvalue weighted by Crippen LogP contribution is 2.30. The number of hydrogen-bond donors (Lipinski definition) is 2. The molecular formula is C26H27ClN4O2S. The topological polar surface area (TPSA) is 89.0 Å². The molecule has 1 unspecified atom stereocenters. The Bertz CT molecular complexity index is 1290. The molecule has 176 valence electrons. The van der Waals surface area contributed by atoms with Gasteiger partial charge in [0.05, 0.1) is 6.04 Å². The number of amides is 1. The Kier molecular flexibility index (Phi) is 7.52. The largest absolute Gasteiger partial charge is 0.354 e. The molecule has 4 rings (SSSR count). The van der Waals surface area contributed by atoms with E-state index in [0.717, 1.165) is 30.6 Å². The molecule has 8 heteroatoms. The van der Waals surface area contributed by atoms with Crippen LogP contribution < -0.4 is 10.9 Å². The van der Waals surface area contributed by atoms with Crippen LogP contribution in [0.2, 0.25) is 5.02 Å². The second-order valence-electron chi connectivity index (χ2n) is 8.63. The number of thiophene rings is 1. The van der Waals surface area contributed by atoms with Crippen molar-refractivity contribution >= 4 is 28.8 Å². The number of pyridine rings is 1. The van der Waals surface area contributed by atoms with Crippen molar-refractivity contribution in [3.05, 3.63) is 89.5 Å². The van der Waals surface area contributed by atoms with Crippen molar-refractivity contribution in [1.82, 2.24) is 15.2 Å². The summed E-state index contributed by atoms with van der Waals surface area (Å²) in [5, 5.41) is 15.2. The summed E-state index contributed by atoms with van der Waals surface area (Å²) in [6.45, 7) is 5.85. The summed E-state index contributed by atoms with van der Waals surface area (Å²) in [5.41, 5.74) is 4.41. The Hall–Kier alpha value is -2.92. The molecule has 1 amide bonds. The van der Waals surface area contributed by atoms with Crippen LogP contribution in [-0.4, -0.2) is 28.9 Å². The molecule has 3 aromatic rings. The van der Waals surface area contributed by atoms with E-state index in [-0.39, 0.29) is 29.5 Å². The zero-order valence-corrected chi connectivity index (χ0v) is 20.9. The monoisotopic (exact) mass is 494 g/mol. The number of nitrogens with one attached hydrogen (secondary N) is 2. The number of benzene rings is 1. The number of H-pyrrole nitrogens is 1. The molecule has 0 saturated heterocycles. The zero-order chi connectivity index (χ0) is 24.2. The van der Waals surface area contributed by atoms with Gasteiger partial charge in [0.2, 0.25) is 5.91 Å². The molecule has 1 aromatic carbocycles. The van der Waals surface area contributed by atoms with E-state index in [9.17, 15) is 14.9 Å². The van der Waals surface area contributed by atoms with Crippen LogP contribution in [0.15, 0.2) is 40.5 Å². The van der Waals surface area contributed by atoms with Crippen molar-refractivity contribution in [2.24, 2.45) is 0 Å². The highest BCUT2D eigenvalue weighted by Gasteiger charge is 2.26.